The fourth-order valence-electron chi connectivity index (χ4n) is 8.02. The van der Waals surface area contributed by atoms with Crippen molar-refractivity contribution in [1.82, 2.24) is 25.8 Å². The van der Waals surface area contributed by atoms with Crippen LogP contribution in [0.4, 0.5) is 4.79 Å². The Kier molecular flexibility index (Phi) is 19.2. The monoisotopic (exact) mass is 966 g/mol. The first-order valence-electron chi connectivity index (χ1n) is 23.9. The van der Waals surface area contributed by atoms with Crippen molar-refractivity contribution in [1.29, 1.82) is 0 Å². The number of fused-ring (bicyclic) bond motifs is 1. The molecule has 5 amide bonds. The second kappa shape index (κ2) is 24.7. The van der Waals surface area contributed by atoms with Crippen LogP contribution in [0, 0.1) is 5.92 Å². The molecule has 3 N–H and O–H groups in total. The highest BCUT2D eigenvalue weighted by Crippen LogP contribution is 2.29. The van der Waals surface area contributed by atoms with Crippen molar-refractivity contribution in [3.8, 4) is 11.5 Å². The van der Waals surface area contributed by atoms with E-state index in [9.17, 15) is 28.8 Å². The van der Waals surface area contributed by atoms with Gasteiger partial charge in [-0.3, -0.25) is 28.9 Å². The van der Waals surface area contributed by atoms with Gasteiger partial charge in [-0.2, -0.15) is 0 Å². The van der Waals surface area contributed by atoms with Crippen molar-refractivity contribution >= 4 is 46.5 Å². The van der Waals surface area contributed by atoms with E-state index in [1.807, 2.05) is 80.6 Å². The maximum atomic E-state index is 14.6. The van der Waals surface area contributed by atoms with Crippen molar-refractivity contribution in [2.75, 3.05) is 47.1 Å². The molecule has 0 unspecified atom stereocenters. The highest BCUT2D eigenvalue weighted by molar-refractivity contribution is 6.10. The number of carbonyl (C=O) groups is 6. The third-order valence-electron chi connectivity index (χ3n) is 11.3. The fourth-order valence-corrected chi connectivity index (χ4v) is 8.02. The summed E-state index contributed by atoms with van der Waals surface area (Å²) in [5.74, 6) is -1.95. The average Bonchev–Trinajstić information content (AvgIpc) is 3.30. The normalized spacial score (nSPS) is 15.2. The Bertz CT molecular complexity index is 2430. The average molecular weight is 966 g/mol. The number of carbonyl (C=O) groups excluding carboxylic acids is 6. The summed E-state index contributed by atoms with van der Waals surface area (Å²) in [5, 5.41) is 10.0. The molecule has 0 aromatic heterocycles. The molecule has 0 radical (unpaired) electrons. The molecule has 0 bridgehead atoms. The van der Waals surface area contributed by atoms with Gasteiger partial charge in [0.1, 0.15) is 47.4 Å². The predicted molar refractivity (Wildman–Crippen MR) is 267 cm³/mol. The minimum atomic E-state index is -1.32. The quantitative estimate of drug-likeness (QED) is 0.0804. The van der Waals surface area contributed by atoms with Crippen LogP contribution in [-0.4, -0.2) is 128 Å². The number of benzene rings is 4. The van der Waals surface area contributed by atoms with E-state index in [0.717, 1.165) is 16.5 Å². The minimum absolute atomic E-state index is 0.0324. The first-order valence-corrected chi connectivity index (χ1v) is 23.9. The maximum absolute atomic E-state index is 14.6. The number of esters is 1. The van der Waals surface area contributed by atoms with Crippen LogP contribution >= 0.6 is 0 Å². The largest absolute Gasteiger partial charge is 0.497 e. The number of hydrogen-bond acceptors (Lipinski definition) is 11. The van der Waals surface area contributed by atoms with Crippen LogP contribution in [0.25, 0.3) is 10.8 Å². The van der Waals surface area contributed by atoms with Gasteiger partial charge in [0.05, 0.1) is 38.3 Å². The lowest BCUT2D eigenvalue weighted by molar-refractivity contribution is -0.156. The molecule has 1 heterocycles. The number of ether oxygens (including phenoxy) is 5. The van der Waals surface area contributed by atoms with E-state index in [1.165, 1.54) is 16.8 Å². The van der Waals surface area contributed by atoms with Gasteiger partial charge < -0.3 is 44.5 Å². The van der Waals surface area contributed by atoms with Crippen molar-refractivity contribution in [3.63, 3.8) is 0 Å². The zero-order valence-corrected chi connectivity index (χ0v) is 42.3. The van der Waals surface area contributed by atoms with Gasteiger partial charge in [0.15, 0.2) is 0 Å². The van der Waals surface area contributed by atoms with E-state index in [-0.39, 0.29) is 50.1 Å². The van der Waals surface area contributed by atoms with E-state index < -0.39 is 77.5 Å². The molecular formula is C54H71N5O11. The Labute approximate surface area is 412 Å². The lowest BCUT2D eigenvalue weighted by Crippen LogP contribution is -2.61. The van der Waals surface area contributed by atoms with Gasteiger partial charge in [0.25, 0.3) is 5.91 Å². The van der Waals surface area contributed by atoms with Crippen LogP contribution in [0.1, 0.15) is 89.7 Å². The SMILES string of the molecule is COc1cccc(CCNC(=O)[C@H](CC(=O)OC(C)(C)C)NC(=O)c2c(OC[C@@H](Cc3ccccc3)NC(=O)[C@H]3COCCN3C(=O)[C@H](CC(C)C)N(C)C(=O)OC(C)(C)C)ccc3ccccc23)c1. The molecule has 4 aromatic carbocycles. The first-order chi connectivity index (χ1) is 33.1. The van der Waals surface area contributed by atoms with Crippen LogP contribution < -0.4 is 25.4 Å². The molecule has 5 rings (SSSR count). The minimum Gasteiger partial charge on any atom is -0.497 e. The molecule has 0 aliphatic carbocycles. The summed E-state index contributed by atoms with van der Waals surface area (Å²) in [6, 6.07) is 23.7. The van der Waals surface area contributed by atoms with Gasteiger partial charge in [-0.25, -0.2) is 4.79 Å². The first kappa shape index (κ1) is 54.3. The summed E-state index contributed by atoms with van der Waals surface area (Å²) in [6.07, 6.45) is 0.0203. The van der Waals surface area contributed by atoms with Crippen molar-refractivity contribution in [2.45, 2.75) is 116 Å². The topological polar surface area (TPSA) is 191 Å². The van der Waals surface area contributed by atoms with E-state index >= 15 is 0 Å². The van der Waals surface area contributed by atoms with Gasteiger partial charge in [0.2, 0.25) is 17.7 Å². The number of morpholine rings is 1. The standard InChI is InChI=1S/C54H71N5O11/c1-35(2)29-43(58(9)52(65)70-54(6,7)8)51(64)59-27-28-67-34-44(59)49(62)56-39(30-36-17-12-11-13-18-36)33-68-45-24-23-38-20-14-15-22-41(38)47(45)50(63)57-42(32-46(60)69-53(3,4)5)48(61)55-26-25-37-19-16-21-40(31-37)66-10/h11-24,31,35,39,42-44H,25-30,32-34H2,1-10H3,(H,55,61)(H,56,62)(H,57,63)/t39-,42+,43+,44-/m1/s1. The zero-order valence-electron chi connectivity index (χ0n) is 42.3. The van der Waals surface area contributed by atoms with Gasteiger partial charge in [-0.05, 0) is 107 Å². The third-order valence-corrected chi connectivity index (χ3v) is 11.3. The Morgan fingerprint density at radius 1 is 0.829 bits per heavy atom. The second-order valence-corrected chi connectivity index (χ2v) is 19.9. The van der Waals surface area contributed by atoms with E-state index in [0.29, 0.717) is 30.4 Å². The molecule has 1 aliphatic rings. The van der Waals surface area contributed by atoms with Crippen molar-refractivity contribution in [2.24, 2.45) is 5.92 Å². The summed E-state index contributed by atoms with van der Waals surface area (Å²) in [7, 11) is 3.11. The van der Waals surface area contributed by atoms with Crippen LogP contribution in [0.15, 0.2) is 91.0 Å². The number of rotatable bonds is 20. The summed E-state index contributed by atoms with van der Waals surface area (Å²) in [4.78, 5) is 86.7. The van der Waals surface area contributed by atoms with Crippen molar-refractivity contribution in [3.05, 3.63) is 108 Å². The Morgan fingerprint density at radius 2 is 1.51 bits per heavy atom. The number of hydrogen-bond donors (Lipinski definition) is 3. The van der Waals surface area contributed by atoms with Crippen molar-refractivity contribution < 1.29 is 52.5 Å². The lowest BCUT2D eigenvalue weighted by atomic mass is 10.00. The maximum Gasteiger partial charge on any atom is 0.410 e. The highest BCUT2D eigenvalue weighted by Gasteiger charge is 2.40. The Balaban J connectivity index is 1.41. The molecule has 16 nitrogen and oxygen atoms in total. The third kappa shape index (κ3) is 16.2. The number of nitrogens with one attached hydrogen (secondary N) is 3. The van der Waals surface area contributed by atoms with Crippen LogP contribution in [0.3, 0.4) is 0 Å². The molecule has 378 valence electrons. The van der Waals surface area contributed by atoms with E-state index in [4.69, 9.17) is 23.7 Å². The molecule has 1 fully saturated rings. The summed E-state index contributed by atoms with van der Waals surface area (Å²) < 4.78 is 28.8. The molecule has 1 aliphatic heterocycles. The highest BCUT2D eigenvalue weighted by atomic mass is 16.6. The zero-order chi connectivity index (χ0) is 51.2. The lowest BCUT2D eigenvalue weighted by Gasteiger charge is -2.39. The predicted octanol–water partition coefficient (Wildman–Crippen LogP) is 6.65. The number of methoxy groups -OCH3 is 1. The molecule has 0 saturated carbocycles. The summed E-state index contributed by atoms with van der Waals surface area (Å²) in [6.45, 7) is 14.7. The molecule has 4 aromatic rings. The van der Waals surface area contributed by atoms with E-state index in [1.54, 1.807) is 72.9 Å². The molecule has 4 atom stereocenters. The van der Waals surface area contributed by atoms with Crippen LogP contribution in [0.2, 0.25) is 0 Å². The Hall–Kier alpha value is -6.68. The number of nitrogens with zero attached hydrogens (tertiary/aromatic N) is 2. The number of amides is 5. The molecular weight excluding hydrogens is 895 g/mol. The second-order valence-electron chi connectivity index (χ2n) is 19.9. The van der Waals surface area contributed by atoms with Gasteiger partial charge >= 0.3 is 12.1 Å². The summed E-state index contributed by atoms with van der Waals surface area (Å²) in [5.41, 5.74) is 0.292. The molecule has 16 heteroatoms. The van der Waals surface area contributed by atoms with Gasteiger partial charge in [-0.15, -0.1) is 0 Å². The smallest absolute Gasteiger partial charge is 0.410 e. The molecule has 0 spiro atoms. The fraction of sp³-hybridized carbons (Fsp3) is 0.481. The number of likely N-dealkylation sites (N-methyl/N-ethyl adjacent to an activating group) is 1. The molecule has 70 heavy (non-hydrogen) atoms. The summed E-state index contributed by atoms with van der Waals surface area (Å²) >= 11 is 0. The van der Waals surface area contributed by atoms with Gasteiger partial charge in [0, 0.05) is 20.1 Å². The van der Waals surface area contributed by atoms with Gasteiger partial charge in [-0.1, -0.05) is 86.6 Å². The van der Waals surface area contributed by atoms with Crippen LogP contribution in [-0.2, 0) is 46.2 Å². The van der Waals surface area contributed by atoms with Crippen LogP contribution in [0.5, 0.6) is 11.5 Å². The Morgan fingerprint density at radius 3 is 2.20 bits per heavy atom. The molecule has 1 saturated heterocycles. The van der Waals surface area contributed by atoms with E-state index in [2.05, 4.69) is 16.0 Å².